The van der Waals surface area contributed by atoms with Crippen LogP contribution in [0.1, 0.15) is 37.2 Å². The van der Waals surface area contributed by atoms with E-state index in [4.69, 9.17) is 5.10 Å². The van der Waals surface area contributed by atoms with E-state index in [1.54, 1.807) is 12.1 Å². The largest absolute Gasteiger partial charge is 0.349 e. The average Bonchev–Trinajstić information content (AvgIpc) is 3.26. The number of benzene rings is 2. The number of nitrogens with one attached hydrogen (secondary N) is 1. The van der Waals surface area contributed by atoms with Crippen LogP contribution in [0.2, 0.25) is 0 Å². The predicted molar refractivity (Wildman–Crippen MR) is 136 cm³/mol. The van der Waals surface area contributed by atoms with Crippen LogP contribution in [0, 0.1) is 16.0 Å². The van der Waals surface area contributed by atoms with Crippen LogP contribution in [0.4, 0.5) is 5.69 Å². The normalized spacial score (nSPS) is 14.1. The molecule has 0 fully saturated rings. The smallest absolute Gasteiger partial charge is 0.270 e. The number of nitro groups is 1. The zero-order valence-electron chi connectivity index (χ0n) is 20.2. The highest BCUT2D eigenvalue weighted by Crippen LogP contribution is 2.25. The Hall–Kier alpha value is -3.78. The lowest BCUT2D eigenvalue weighted by Crippen LogP contribution is -2.39. The van der Waals surface area contributed by atoms with Gasteiger partial charge in [0.05, 0.1) is 29.4 Å². The minimum absolute atomic E-state index is 0.0446. The van der Waals surface area contributed by atoms with Crippen molar-refractivity contribution in [3.63, 3.8) is 0 Å². The summed E-state index contributed by atoms with van der Waals surface area (Å²) in [6, 6.07) is 18.8. The Morgan fingerprint density at radius 2 is 1.94 bits per heavy atom. The van der Waals surface area contributed by atoms with Crippen molar-refractivity contribution in [2.75, 3.05) is 19.6 Å². The molecule has 0 saturated heterocycles. The summed E-state index contributed by atoms with van der Waals surface area (Å²) < 4.78 is 1.96. The fourth-order valence-electron chi connectivity index (χ4n) is 4.30. The van der Waals surface area contributed by atoms with Gasteiger partial charge in [-0.15, -0.1) is 0 Å². The van der Waals surface area contributed by atoms with Crippen molar-refractivity contribution in [1.82, 2.24) is 20.0 Å². The Morgan fingerprint density at radius 3 is 2.63 bits per heavy atom. The van der Waals surface area contributed by atoms with Crippen LogP contribution in [0.15, 0.2) is 66.7 Å². The molecule has 8 nitrogen and oxygen atoms in total. The van der Waals surface area contributed by atoms with Crippen LogP contribution >= 0.6 is 0 Å². The zero-order chi connectivity index (χ0) is 24.8. The number of hydrogen-bond acceptors (Lipinski definition) is 5. The zero-order valence-corrected chi connectivity index (χ0v) is 20.2. The highest BCUT2D eigenvalue weighted by molar-refractivity contribution is 5.78. The average molecular weight is 474 g/mol. The molecule has 1 amide bonds. The van der Waals surface area contributed by atoms with E-state index >= 15 is 0 Å². The molecule has 2 aromatic carbocycles. The van der Waals surface area contributed by atoms with Gasteiger partial charge in [-0.05, 0) is 48.1 Å². The van der Waals surface area contributed by atoms with Crippen LogP contribution in [-0.2, 0) is 17.8 Å². The monoisotopic (exact) mass is 473 g/mol. The molecule has 0 radical (unpaired) electrons. The number of para-hydroxylation sites is 1. The Bertz CT molecular complexity index is 1220. The summed E-state index contributed by atoms with van der Waals surface area (Å²) in [7, 11) is 0. The lowest BCUT2D eigenvalue weighted by molar-refractivity contribution is -0.384. The van der Waals surface area contributed by atoms with E-state index in [9.17, 15) is 14.9 Å². The van der Waals surface area contributed by atoms with Crippen molar-refractivity contribution >= 4 is 17.2 Å². The molecule has 1 aliphatic heterocycles. The van der Waals surface area contributed by atoms with Crippen LogP contribution in [0.5, 0.6) is 0 Å². The Kier molecular flexibility index (Phi) is 7.72. The molecular formula is C27H31N5O3. The molecule has 8 heteroatoms. The van der Waals surface area contributed by atoms with E-state index in [0.29, 0.717) is 25.6 Å². The molecule has 35 heavy (non-hydrogen) atoms. The maximum atomic E-state index is 12.6. The van der Waals surface area contributed by atoms with Gasteiger partial charge in [0, 0.05) is 30.9 Å². The lowest BCUT2D eigenvalue weighted by Gasteiger charge is -2.25. The highest BCUT2D eigenvalue weighted by Gasteiger charge is 2.18. The van der Waals surface area contributed by atoms with Gasteiger partial charge < -0.3 is 5.32 Å². The Labute approximate surface area is 205 Å². The number of hydrogen-bond donors (Lipinski definition) is 1. The number of rotatable bonds is 9. The third kappa shape index (κ3) is 6.42. The van der Waals surface area contributed by atoms with E-state index in [1.807, 2.05) is 41.1 Å². The molecular weight excluding hydrogens is 442 g/mol. The molecule has 0 atom stereocenters. The molecule has 0 spiro atoms. The first kappa shape index (κ1) is 24.3. The van der Waals surface area contributed by atoms with Crippen molar-refractivity contribution < 1.29 is 9.72 Å². The van der Waals surface area contributed by atoms with Gasteiger partial charge in [-0.2, -0.15) is 5.10 Å². The molecule has 1 N–H and O–H groups in total. The summed E-state index contributed by atoms with van der Waals surface area (Å²) in [5.41, 5.74) is 5.02. The van der Waals surface area contributed by atoms with Crippen molar-refractivity contribution in [3.05, 3.63) is 93.8 Å². The van der Waals surface area contributed by atoms with E-state index in [1.165, 1.54) is 6.07 Å². The number of amides is 1. The van der Waals surface area contributed by atoms with Gasteiger partial charge in [0.1, 0.15) is 0 Å². The van der Waals surface area contributed by atoms with E-state index in [2.05, 4.69) is 36.2 Å². The van der Waals surface area contributed by atoms with Gasteiger partial charge in [0.2, 0.25) is 5.91 Å². The summed E-state index contributed by atoms with van der Waals surface area (Å²) in [4.78, 5) is 25.3. The van der Waals surface area contributed by atoms with E-state index in [0.717, 1.165) is 47.6 Å². The summed E-state index contributed by atoms with van der Waals surface area (Å²) in [5.74, 6) is 0.451. The third-order valence-corrected chi connectivity index (χ3v) is 6.01. The van der Waals surface area contributed by atoms with Crippen molar-refractivity contribution in [2.45, 2.75) is 33.2 Å². The van der Waals surface area contributed by atoms with Crippen LogP contribution in [-0.4, -0.2) is 45.1 Å². The number of aromatic nitrogens is 2. The summed E-state index contributed by atoms with van der Waals surface area (Å²) in [5, 5.41) is 18.8. The first-order chi connectivity index (χ1) is 16.9. The first-order valence-corrected chi connectivity index (χ1v) is 11.9. The third-order valence-electron chi connectivity index (χ3n) is 6.01. The maximum absolute atomic E-state index is 12.6. The molecule has 0 saturated carbocycles. The number of nitro benzene ring substituents is 1. The maximum Gasteiger partial charge on any atom is 0.270 e. The number of carbonyl (C=O) groups is 1. The second-order valence-electron chi connectivity index (χ2n) is 9.27. The summed E-state index contributed by atoms with van der Waals surface area (Å²) in [6.07, 6.45) is 3.70. The minimum Gasteiger partial charge on any atom is -0.349 e. The molecule has 1 aromatic heterocycles. The van der Waals surface area contributed by atoms with Gasteiger partial charge in [0.15, 0.2) is 0 Å². The SMILES string of the molecule is CC(C)Cc1cc(CNC(=O)CN2CC=C(c3cccc([N+](=O)[O-])c3)CC2)nn1-c1ccccc1. The van der Waals surface area contributed by atoms with Crippen molar-refractivity contribution in [3.8, 4) is 5.69 Å². The minimum atomic E-state index is -0.377. The van der Waals surface area contributed by atoms with Gasteiger partial charge in [-0.25, -0.2) is 4.68 Å². The summed E-state index contributed by atoms with van der Waals surface area (Å²) in [6.45, 7) is 6.40. The van der Waals surface area contributed by atoms with Crippen LogP contribution in [0.25, 0.3) is 11.3 Å². The quantitative estimate of drug-likeness (QED) is 0.368. The number of nitrogens with zero attached hydrogens (tertiary/aromatic N) is 4. The Balaban J connectivity index is 1.33. The molecule has 2 heterocycles. The fraction of sp³-hybridized carbons (Fsp3) is 0.333. The lowest BCUT2D eigenvalue weighted by atomic mass is 9.99. The molecule has 0 aliphatic carbocycles. The van der Waals surface area contributed by atoms with Crippen molar-refractivity contribution in [2.24, 2.45) is 5.92 Å². The van der Waals surface area contributed by atoms with Gasteiger partial charge in [-0.3, -0.25) is 19.8 Å². The molecule has 3 aromatic rings. The highest BCUT2D eigenvalue weighted by atomic mass is 16.6. The number of carbonyl (C=O) groups excluding carboxylic acids is 1. The van der Waals surface area contributed by atoms with Crippen molar-refractivity contribution in [1.29, 1.82) is 0 Å². The predicted octanol–water partition coefficient (Wildman–Crippen LogP) is 4.38. The van der Waals surface area contributed by atoms with E-state index in [-0.39, 0.29) is 16.5 Å². The molecule has 0 bridgehead atoms. The van der Waals surface area contributed by atoms with Gasteiger partial charge in [0.25, 0.3) is 5.69 Å². The molecule has 182 valence electrons. The first-order valence-electron chi connectivity index (χ1n) is 11.9. The number of non-ortho nitro benzene ring substituents is 1. The fourth-order valence-corrected chi connectivity index (χ4v) is 4.30. The second kappa shape index (κ2) is 11.1. The molecule has 4 rings (SSSR count). The second-order valence-corrected chi connectivity index (χ2v) is 9.27. The Morgan fingerprint density at radius 1 is 1.14 bits per heavy atom. The summed E-state index contributed by atoms with van der Waals surface area (Å²) >= 11 is 0. The topological polar surface area (TPSA) is 93.3 Å². The standard InChI is InChI=1S/C27H31N5O3/c1-20(2)15-26-17-23(29-31(26)24-8-4-3-5-9-24)18-28-27(33)19-30-13-11-21(12-14-30)22-7-6-10-25(16-22)32(34)35/h3-11,16-17,20H,12-15,18-19H2,1-2H3,(H,28,33). The van der Waals surface area contributed by atoms with Gasteiger partial charge >= 0.3 is 0 Å². The van der Waals surface area contributed by atoms with E-state index < -0.39 is 0 Å². The molecule has 1 aliphatic rings. The molecule has 0 unspecified atom stereocenters. The van der Waals surface area contributed by atoms with Crippen LogP contribution < -0.4 is 5.32 Å². The van der Waals surface area contributed by atoms with Gasteiger partial charge in [-0.1, -0.05) is 50.3 Å². The van der Waals surface area contributed by atoms with Crippen LogP contribution in [0.3, 0.4) is 0 Å².